The summed E-state index contributed by atoms with van der Waals surface area (Å²) in [6.07, 6.45) is 0.367. The van der Waals surface area contributed by atoms with Crippen LogP contribution in [0.1, 0.15) is 24.4 Å². The van der Waals surface area contributed by atoms with Gasteiger partial charge in [0.15, 0.2) is 0 Å². The number of hydrogen-bond acceptors (Lipinski definition) is 6. The predicted octanol–water partition coefficient (Wildman–Crippen LogP) is 0.551. The molecule has 2 fully saturated rings. The van der Waals surface area contributed by atoms with Crippen molar-refractivity contribution in [3.8, 4) is 5.75 Å². The minimum absolute atomic E-state index is 0.0471. The number of carbonyl (C=O) groups excluding carboxylic acids is 1. The molecule has 0 bridgehead atoms. The third-order valence-corrected chi connectivity index (χ3v) is 5.18. The molecule has 4 atom stereocenters. The molecule has 1 aromatic carbocycles. The van der Waals surface area contributed by atoms with E-state index in [2.05, 4.69) is 10.9 Å². The Balaban J connectivity index is 1.76. The molecule has 142 valence electrons. The Bertz CT molecular complexity index is 651. The van der Waals surface area contributed by atoms with Crippen molar-refractivity contribution in [2.24, 2.45) is 5.92 Å². The maximum atomic E-state index is 13.2. The summed E-state index contributed by atoms with van der Waals surface area (Å²) in [5, 5.41) is 9.16. The van der Waals surface area contributed by atoms with Gasteiger partial charge < -0.3 is 19.5 Å². The third kappa shape index (κ3) is 3.82. The zero-order valence-corrected chi connectivity index (χ0v) is 15.0. The molecule has 2 aliphatic heterocycles. The number of nitrogens with zero attached hydrogens (tertiary/aromatic N) is 1. The van der Waals surface area contributed by atoms with Crippen LogP contribution in [0, 0.1) is 5.92 Å². The number of aliphatic carboxylic acids is 1. The summed E-state index contributed by atoms with van der Waals surface area (Å²) in [5.41, 5.74) is 7.20. The SMILES string of the molecule is COc1ccc(C2NNCC2C(=O)N2CC(OC)CC2CC(=O)O)cc1. The molecule has 0 radical (unpaired) electrons. The van der Waals surface area contributed by atoms with E-state index in [1.807, 2.05) is 24.3 Å². The maximum absolute atomic E-state index is 13.2. The third-order valence-electron chi connectivity index (χ3n) is 5.18. The number of amides is 1. The molecule has 8 nitrogen and oxygen atoms in total. The Morgan fingerprint density at radius 2 is 2.00 bits per heavy atom. The average molecular weight is 363 g/mol. The van der Waals surface area contributed by atoms with Crippen LogP contribution in [0.15, 0.2) is 24.3 Å². The lowest BCUT2D eigenvalue weighted by molar-refractivity contribution is -0.141. The summed E-state index contributed by atoms with van der Waals surface area (Å²) in [5.74, 6) is -0.505. The molecule has 3 N–H and O–H groups in total. The molecule has 3 rings (SSSR count). The number of hydrazine groups is 1. The molecule has 4 unspecified atom stereocenters. The van der Waals surface area contributed by atoms with Gasteiger partial charge in [0, 0.05) is 26.2 Å². The second-order valence-corrected chi connectivity index (χ2v) is 6.72. The molecule has 2 saturated heterocycles. The molecule has 1 aromatic rings. The van der Waals surface area contributed by atoms with Gasteiger partial charge in [-0.2, -0.15) is 0 Å². The number of ether oxygens (including phenoxy) is 2. The first-order valence-corrected chi connectivity index (χ1v) is 8.71. The average Bonchev–Trinajstić information content (AvgIpc) is 3.28. The minimum Gasteiger partial charge on any atom is -0.497 e. The number of hydrogen-bond donors (Lipinski definition) is 3. The van der Waals surface area contributed by atoms with Gasteiger partial charge >= 0.3 is 5.97 Å². The van der Waals surface area contributed by atoms with E-state index >= 15 is 0 Å². The van der Waals surface area contributed by atoms with Gasteiger partial charge in [-0.25, -0.2) is 5.43 Å². The van der Waals surface area contributed by atoms with E-state index in [0.29, 0.717) is 19.5 Å². The van der Waals surface area contributed by atoms with E-state index in [4.69, 9.17) is 14.6 Å². The van der Waals surface area contributed by atoms with Crippen molar-refractivity contribution in [2.75, 3.05) is 27.3 Å². The lowest BCUT2D eigenvalue weighted by atomic mass is 9.93. The summed E-state index contributed by atoms with van der Waals surface area (Å²) >= 11 is 0. The molecule has 1 amide bonds. The quantitative estimate of drug-likeness (QED) is 0.679. The Hall–Kier alpha value is -2.16. The fourth-order valence-electron chi connectivity index (χ4n) is 3.78. The van der Waals surface area contributed by atoms with Crippen molar-refractivity contribution in [1.29, 1.82) is 0 Å². The zero-order valence-electron chi connectivity index (χ0n) is 15.0. The second kappa shape index (κ2) is 8.03. The van der Waals surface area contributed by atoms with Crippen molar-refractivity contribution < 1.29 is 24.2 Å². The molecule has 0 aromatic heterocycles. The number of carboxylic acid groups (broad SMARTS) is 1. The summed E-state index contributed by atoms with van der Waals surface area (Å²) in [4.78, 5) is 26.0. The van der Waals surface area contributed by atoms with Gasteiger partial charge in [-0.05, 0) is 24.1 Å². The van der Waals surface area contributed by atoms with E-state index in [-0.39, 0.29) is 36.4 Å². The molecule has 26 heavy (non-hydrogen) atoms. The molecular formula is C18H25N3O5. The molecule has 0 aliphatic carbocycles. The highest BCUT2D eigenvalue weighted by atomic mass is 16.5. The van der Waals surface area contributed by atoms with Crippen LogP contribution in [0.4, 0.5) is 0 Å². The van der Waals surface area contributed by atoms with Crippen LogP contribution in [0.25, 0.3) is 0 Å². The van der Waals surface area contributed by atoms with Gasteiger partial charge in [0.25, 0.3) is 0 Å². The maximum Gasteiger partial charge on any atom is 0.305 e. The monoisotopic (exact) mass is 363 g/mol. The highest BCUT2D eigenvalue weighted by Crippen LogP contribution is 2.31. The summed E-state index contributed by atoms with van der Waals surface area (Å²) in [7, 11) is 3.20. The normalized spacial score (nSPS) is 28.3. The molecular weight excluding hydrogens is 338 g/mol. The Morgan fingerprint density at radius 1 is 1.27 bits per heavy atom. The van der Waals surface area contributed by atoms with Crippen molar-refractivity contribution in [1.82, 2.24) is 15.8 Å². The number of benzene rings is 1. The van der Waals surface area contributed by atoms with Crippen molar-refractivity contribution in [3.63, 3.8) is 0 Å². The number of carbonyl (C=O) groups is 2. The van der Waals surface area contributed by atoms with Gasteiger partial charge in [-0.3, -0.25) is 15.0 Å². The topological polar surface area (TPSA) is 100 Å². The summed E-state index contributed by atoms with van der Waals surface area (Å²) in [6.45, 7) is 0.919. The van der Waals surface area contributed by atoms with Crippen LogP contribution >= 0.6 is 0 Å². The number of nitrogens with one attached hydrogen (secondary N) is 2. The number of likely N-dealkylation sites (tertiary alicyclic amines) is 1. The van der Waals surface area contributed by atoms with Crippen LogP contribution in [0.5, 0.6) is 5.75 Å². The van der Waals surface area contributed by atoms with Gasteiger partial charge in [-0.15, -0.1) is 0 Å². The van der Waals surface area contributed by atoms with Gasteiger partial charge in [-0.1, -0.05) is 12.1 Å². The molecule has 0 saturated carbocycles. The van der Waals surface area contributed by atoms with Crippen LogP contribution < -0.4 is 15.6 Å². The van der Waals surface area contributed by atoms with Crippen molar-refractivity contribution in [2.45, 2.75) is 31.0 Å². The van der Waals surface area contributed by atoms with E-state index in [1.54, 1.807) is 19.1 Å². The van der Waals surface area contributed by atoms with Gasteiger partial charge in [0.1, 0.15) is 5.75 Å². The van der Waals surface area contributed by atoms with Crippen LogP contribution in [-0.2, 0) is 14.3 Å². The van der Waals surface area contributed by atoms with Crippen LogP contribution in [-0.4, -0.2) is 61.3 Å². The first kappa shape index (κ1) is 18.6. The minimum atomic E-state index is -0.904. The standard InChI is InChI=1S/C18H25N3O5/c1-25-13-5-3-11(4-6-13)17-15(9-19-20-17)18(24)21-10-14(26-2)7-12(21)8-16(22)23/h3-6,12,14-15,17,19-20H,7-10H2,1-2H3,(H,22,23). The van der Waals surface area contributed by atoms with E-state index < -0.39 is 5.97 Å². The number of carboxylic acids is 1. The Labute approximate surface area is 152 Å². The van der Waals surface area contributed by atoms with Crippen molar-refractivity contribution in [3.05, 3.63) is 29.8 Å². The molecule has 2 heterocycles. The van der Waals surface area contributed by atoms with E-state index in [0.717, 1.165) is 11.3 Å². The summed E-state index contributed by atoms with van der Waals surface area (Å²) in [6, 6.07) is 7.07. The first-order valence-electron chi connectivity index (χ1n) is 8.71. The van der Waals surface area contributed by atoms with Crippen LogP contribution in [0.2, 0.25) is 0 Å². The Kier molecular flexibility index (Phi) is 5.75. The Morgan fingerprint density at radius 3 is 2.62 bits per heavy atom. The van der Waals surface area contributed by atoms with Gasteiger partial charge in [0.2, 0.25) is 5.91 Å². The lowest BCUT2D eigenvalue weighted by Crippen LogP contribution is -2.43. The first-order chi connectivity index (χ1) is 12.5. The number of rotatable bonds is 6. The zero-order chi connectivity index (χ0) is 18.7. The lowest BCUT2D eigenvalue weighted by Gasteiger charge is -2.28. The fraction of sp³-hybridized carbons (Fsp3) is 0.556. The fourth-order valence-corrected chi connectivity index (χ4v) is 3.78. The van der Waals surface area contributed by atoms with Crippen molar-refractivity contribution >= 4 is 11.9 Å². The number of methoxy groups -OCH3 is 2. The molecule has 2 aliphatic rings. The molecule has 8 heteroatoms. The smallest absolute Gasteiger partial charge is 0.305 e. The molecule has 0 spiro atoms. The van der Waals surface area contributed by atoms with Gasteiger partial charge in [0.05, 0.1) is 31.6 Å². The van der Waals surface area contributed by atoms with Crippen LogP contribution in [0.3, 0.4) is 0 Å². The highest BCUT2D eigenvalue weighted by molar-refractivity contribution is 5.82. The largest absolute Gasteiger partial charge is 0.497 e. The van der Waals surface area contributed by atoms with E-state index in [9.17, 15) is 9.59 Å². The second-order valence-electron chi connectivity index (χ2n) is 6.72. The highest BCUT2D eigenvalue weighted by Gasteiger charge is 2.43. The summed E-state index contributed by atoms with van der Waals surface area (Å²) < 4.78 is 10.6. The predicted molar refractivity (Wildman–Crippen MR) is 93.5 cm³/mol. The van der Waals surface area contributed by atoms with E-state index in [1.165, 1.54) is 0 Å².